The molecule has 0 spiro atoms. The van der Waals surface area contributed by atoms with Gasteiger partial charge in [-0.1, -0.05) is 18.2 Å². The fourth-order valence-corrected chi connectivity index (χ4v) is 4.02. The molecule has 7 heteroatoms. The van der Waals surface area contributed by atoms with Crippen molar-refractivity contribution in [2.45, 2.75) is 20.0 Å². The number of hydrogen-bond acceptors (Lipinski definition) is 6. The van der Waals surface area contributed by atoms with E-state index in [1.807, 2.05) is 42.2 Å². The molecule has 0 atom stereocenters. The molecule has 1 amide bonds. The summed E-state index contributed by atoms with van der Waals surface area (Å²) in [7, 11) is 1.68. The van der Waals surface area contributed by atoms with Crippen molar-refractivity contribution in [2.24, 2.45) is 0 Å². The fraction of sp³-hybridized carbons (Fsp3) is 0.458. The molecule has 1 saturated heterocycles. The molecule has 0 saturated carbocycles. The lowest BCUT2D eigenvalue weighted by atomic mass is 10.1. The molecule has 1 fully saturated rings. The van der Waals surface area contributed by atoms with Gasteiger partial charge in [0.25, 0.3) is 0 Å². The SMILES string of the molecule is CCN(Cc1ccc2c(c1)OCO2)C(=O)CN1CCN(Cc2ccc(OC)cc2)CC1. The predicted molar refractivity (Wildman–Crippen MR) is 118 cm³/mol. The lowest BCUT2D eigenvalue weighted by molar-refractivity contribution is -0.133. The first-order valence-corrected chi connectivity index (χ1v) is 10.9. The topological polar surface area (TPSA) is 54.5 Å². The number of methoxy groups -OCH3 is 1. The Morgan fingerprint density at radius 2 is 1.65 bits per heavy atom. The van der Waals surface area contributed by atoms with Crippen LogP contribution in [0, 0.1) is 0 Å². The quantitative estimate of drug-likeness (QED) is 0.648. The second-order valence-electron chi connectivity index (χ2n) is 8.00. The van der Waals surface area contributed by atoms with Crippen LogP contribution in [0.15, 0.2) is 42.5 Å². The number of benzene rings is 2. The summed E-state index contributed by atoms with van der Waals surface area (Å²) in [5, 5.41) is 0. The third-order valence-corrected chi connectivity index (χ3v) is 5.93. The summed E-state index contributed by atoms with van der Waals surface area (Å²) in [5.41, 5.74) is 2.34. The van der Waals surface area contributed by atoms with E-state index in [0.717, 1.165) is 55.5 Å². The Kier molecular flexibility index (Phi) is 6.94. The first-order chi connectivity index (χ1) is 15.1. The number of ether oxygens (including phenoxy) is 3. The van der Waals surface area contributed by atoms with Gasteiger partial charge >= 0.3 is 0 Å². The van der Waals surface area contributed by atoms with E-state index in [0.29, 0.717) is 19.6 Å². The Labute approximate surface area is 184 Å². The number of amides is 1. The molecule has 0 radical (unpaired) electrons. The van der Waals surface area contributed by atoms with Gasteiger partial charge in [0.2, 0.25) is 12.7 Å². The highest BCUT2D eigenvalue weighted by atomic mass is 16.7. The van der Waals surface area contributed by atoms with Crippen molar-refractivity contribution in [1.29, 1.82) is 0 Å². The molecule has 2 aliphatic heterocycles. The molecule has 2 aromatic rings. The molecule has 166 valence electrons. The molecule has 2 aliphatic rings. The first-order valence-electron chi connectivity index (χ1n) is 10.9. The molecular weight excluding hydrogens is 394 g/mol. The summed E-state index contributed by atoms with van der Waals surface area (Å²) in [4.78, 5) is 19.5. The van der Waals surface area contributed by atoms with E-state index in [9.17, 15) is 4.79 Å². The van der Waals surface area contributed by atoms with Gasteiger partial charge in [0, 0.05) is 45.8 Å². The van der Waals surface area contributed by atoms with Crippen molar-refractivity contribution >= 4 is 5.91 Å². The highest BCUT2D eigenvalue weighted by Crippen LogP contribution is 2.32. The van der Waals surface area contributed by atoms with Crippen LogP contribution >= 0.6 is 0 Å². The van der Waals surface area contributed by atoms with E-state index in [-0.39, 0.29) is 12.7 Å². The number of rotatable bonds is 8. The zero-order valence-corrected chi connectivity index (χ0v) is 18.4. The largest absolute Gasteiger partial charge is 0.497 e. The van der Waals surface area contributed by atoms with Gasteiger partial charge in [-0.2, -0.15) is 0 Å². The summed E-state index contributed by atoms with van der Waals surface area (Å²) in [5.74, 6) is 2.58. The van der Waals surface area contributed by atoms with Crippen molar-refractivity contribution in [1.82, 2.24) is 14.7 Å². The van der Waals surface area contributed by atoms with Crippen LogP contribution in [0.1, 0.15) is 18.1 Å². The number of fused-ring (bicyclic) bond motifs is 1. The molecule has 4 rings (SSSR count). The van der Waals surface area contributed by atoms with Crippen LogP contribution in [0.2, 0.25) is 0 Å². The summed E-state index contributed by atoms with van der Waals surface area (Å²) < 4.78 is 16.1. The van der Waals surface area contributed by atoms with Crippen molar-refractivity contribution in [3.63, 3.8) is 0 Å². The standard InChI is InChI=1S/C24H31N3O4/c1-3-27(16-20-6-9-22-23(14-20)31-18-30-22)24(28)17-26-12-10-25(11-13-26)15-19-4-7-21(29-2)8-5-19/h4-9,14H,3,10-13,15-18H2,1-2H3. The normalized spacial score (nSPS) is 16.3. The minimum absolute atomic E-state index is 0.170. The van der Waals surface area contributed by atoms with Crippen LogP contribution in [-0.2, 0) is 17.9 Å². The van der Waals surface area contributed by atoms with Crippen molar-refractivity contribution < 1.29 is 19.0 Å². The maximum Gasteiger partial charge on any atom is 0.237 e. The molecule has 2 heterocycles. The zero-order valence-electron chi connectivity index (χ0n) is 18.4. The van der Waals surface area contributed by atoms with Crippen LogP contribution in [0.4, 0.5) is 0 Å². The Morgan fingerprint density at radius 3 is 2.35 bits per heavy atom. The van der Waals surface area contributed by atoms with Gasteiger partial charge in [-0.15, -0.1) is 0 Å². The third-order valence-electron chi connectivity index (χ3n) is 5.93. The smallest absolute Gasteiger partial charge is 0.237 e. The minimum Gasteiger partial charge on any atom is -0.497 e. The number of carbonyl (C=O) groups excluding carboxylic acids is 1. The average molecular weight is 426 g/mol. The zero-order chi connectivity index (χ0) is 21.6. The third kappa shape index (κ3) is 5.48. The molecular formula is C24H31N3O4. The highest BCUT2D eigenvalue weighted by Gasteiger charge is 2.22. The van der Waals surface area contributed by atoms with Crippen molar-refractivity contribution in [3.8, 4) is 17.2 Å². The minimum atomic E-state index is 0.170. The van der Waals surface area contributed by atoms with Gasteiger partial charge in [0.1, 0.15) is 5.75 Å². The van der Waals surface area contributed by atoms with E-state index in [1.54, 1.807) is 7.11 Å². The lowest BCUT2D eigenvalue weighted by Crippen LogP contribution is -2.49. The Hall–Kier alpha value is -2.77. The van der Waals surface area contributed by atoms with Crippen LogP contribution < -0.4 is 14.2 Å². The summed E-state index contributed by atoms with van der Waals surface area (Å²) in [6.45, 7) is 8.70. The van der Waals surface area contributed by atoms with Crippen LogP contribution in [0.3, 0.4) is 0 Å². The van der Waals surface area contributed by atoms with Crippen LogP contribution in [0.25, 0.3) is 0 Å². The van der Waals surface area contributed by atoms with Gasteiger partial charge in [0.15, 0.2) is 11.5 Å². The van der Waals surface area contributed by atoms with Crippen LogP contribution in [0.5, 0.6) is 17.2 Å². The lowest BCUT2D eigenvalue weighted by Gasteiger charge is -2.35. The monoisotopic (exact) mass is 425 g/mol. The second kappa shape index (κ2) is 10.0. The molecule has 0 N–H and O–H groups in total. The van der Waals surface area contributed by atoms with Gasteiger partial charge in [-0.3, -0.25) is 14.6 Å². The van der Waals surface area contributed by atoms with Gasteiger partial charge in [-0.25, -0.2) is 0 Å². The molecule has 0 unspecified atom stereocenters. The summed E-state index contributed by atoms with van der Waals surface area (Å²) in [6, 6.07) is 14.1. The maximum absolute atomic E-state index is 12.9. The maximum atomic E-state index is 12.9. The molecule has 31 heavy (non-hydrogen) atoms. The molecule has 0 aromatic heterocycles. The Balaban J connectivity index is 1.24. The second-order valence-corrected chi connectivity index (χ2v) is 8.00. The van der Waals surface area contributed by atoms with Crippen molar-refractivity contribution in [3.05, 3.63) is 53.6 Å². The molecule has 0 aliphatic carbocycles. The summed E-state index contributed by atoms with van der Waals surface area (Å²) >= 11 is 0. The van der Waals surface area contributed by atoms with E-state index in [2.05, 4.69) is 21.9 Å². The van der Waals surface area contributed by atoms with Crippen LogP contribution in [-0.4, -0.2) is 73.8 Å². The number of hydrogen-bond donors (Lipinski definition) is 0. The number of carbonyl (C=O) groups is 1. The number of piperazine rings is 1. The average Bonchev–Trinajstić information content (AvgIpc) is 3.27. The summed E-state index contributed by atoms with van der Waals surface area (Å²) in [6.07, 6.45) is 0. The first kappa shape index (κ1) is 21.5. The fourth-order valence-electron chi connectivity index (χ4n) is 4.02. The number of nitrogens with zero attached hydrogens (tertiary/aromatic N) is 3. The van der Waals surface area contributed by atoms with Gasteiger partial charge in [-0.05, 0) is 42.3 Å². The van der Waals surface area contributed by atoms with Gasteiger partial charge < -0.3 is 19.1 Å². The van der Waals surface area contributed by atoms with Crippen molar-refractivity contribution in [2.75, 3.05) is 53.2 Å². The van der Waals surface area contributed by atoms with E-state index < -0.39 is 0 Å². The molecule has 0 bridgehead atoms. The highest BCUT2D eigenvalue weighted by molar-refractivity contribution is 5.78. The Bertz CT molecular complexity index is 879. The predicted octanol–water partition coefficient (Wildman–Crippen LogP) is 2.59. The van der Waals surface area contributed by atoms with E-state index in [1.165, 1.54) is 5.56 Å². The van der Waals surface area contributed by atoms with Gasteiger partial charge in [0.05, 0.1) is 13.7 Å². The molecule has 7 nitrogen and oxygen atoms in total. The van der Waals surface area contributed by atoms with E-state index in [4.69, 9.17) is 14.2 Å². The number of likely N-dealkylation sites (N-methyl/N-ethyl adjacent to an activating group) is 1. The van der Waals surface area contributed by atoms with E-state index >= 15 is 0 Å². The molecule has 2 aromatic carbocycles. The Morgan fingerprint density at radius 1 is 0.968 bits per heavy atom.